The molecule has 2 amide bonds. The molecule has 3 aromatic rings. The van der Waals surface area contributed by atoms with Gasteiger partial charge in [-0.25, -0.2) is 9.86 Å². The maximum absolute atomic E-state index is 12.8. The molecular formula is C21H23N5O5S. The average Bonchev–Trinajstić information content (AvgIpc) is 3.11. The average molecular weight is 458 g/mol. The van der Waals surface area contributed by atoms with E-state index in [4.69, 9.17) is 15.0 Å². The molecule has 6 N–H and O–H groups in total. The second kappa shape index (κ2) is 9.20. The predicted molar refractivity (Wildman–Crippen MR) is 120 cm³/mol. The molecule has 3 rings (SSSR count). The Morgan fingerprint density at radius 2 is 1.94 bits per heavy atom. The number of nitrogens with two attached hydrogens (primary N) is 1. The summed E-state index contributed by atoms with van der Waals surface area (Å²) in [6, 6.07) is 8.84. The van der Waals surface area contributed by atoms with E-state index in [0.717, 1.165) is 16.5 Å². The van der Waals surface area contributed by atoms with Gasteiger partial charge in [0.2, 0.25) is 6.41 Å². The van der Waals surface area contributed by atoms with Crippen LogP contribution in [0.15, 0.2) is 47.1 Å². The molecule has 1 atom stereocenters. The summed E-state index contributed by atoms with van der Waals surface area (Å²) in [7, 11) is -4.28. The first-order valence-corrected chi connectivity index (χ1v) is 11.2. The number of carbonyl (C=O) groups is 2. The van der Waals surface area contributed by atoms with Crippen LogP contribution in [0.25, 0.3) is 11.0 Å². The molecule has 0 aliphatic carbocycles. The second-order valence-corrected chi connectivity index (χ2v) is 8.43. The van der Waals surface area contributed by atoms with E-state index in [1.54, 1.807) is 42.7 Å². The Labute approximate surface area is 184 Å². The lowest BCUT2D eigenvalue weighted by atomic mass is 9.98. The van der Waals surface area contributed by atoms with Crippen molar-refractivity contribution in [1.82, 2.24) is 10.0 Å². The largest absolute Gasteiger partial charge is 0.464 e. The Morgan fingerprint density at radius 3 is 2.53 bits per heavy atom. The molecule has 1 unspecified atom stereocenters. The minimum atomic E-state index is -4.28. The molecule has 0 fully saturated rings. The summed E-state index contributed by atoms with van der Waals surface area (Å²) >= 11 is 0. The normalized spacial score (nSPS) is 12.2. The second-order valence-electron chi connectivity index (χ2n) is 7.13. The SMILES string of the molecule is CCc1cc(C(Nc2ccc(C(=N)NC=O)cc2)C(=O)NS(N)(=O)=O)cc2c(C)coc12. The first kappa shape index (κ1) is 23.0. The van der Waals surface area contributed by atoms with Crippen LogP contribution in [0.2, 0.25) is 0 Å². The number of furan rings is 1. The van der Waals surface area contributed by atoms with Crippen molar-refractivity contribution in [2.45, 2.75) is 26.3 Å². The van der Waals surface area contributed by atoms with Gasteiger partial charge in [0.1, 0.15) is 17.5 Å². The van der Waals surface area contributed by atoms with Gasteiger partial charge in [0.25, 0.3) is 16.1 Å². The van der Waals surface area contributed by atoms with Crippen molar-refractivity contribution < 1.29 is 22.4 Å². The summed E-state index contributed by atoms with van der Waals surface area (Å²) in [5.41, 5.74) is 3.93. The van der Waals surface area contributed by atoms with Gasteiger partial charge in [-0.15, -0.1) is 0 Å². The molecule has 0 spiro atoms. The summed E-state index contributed by atoms with van der Waals surface area (Å²) < 4.78 is 30.5. The molecule has 0 aliphatic heterocycles. The van der Waals surface area contributed by atoms with E-state index in [0.29, 0.717) is 35.2 Å². The molecule has 0 bridgehead atoms. The van der Waals surface area contributed by atoms with Gasteiger partial charge in [-0.3, -0.25) is 15.0 Å². The summed E-state index contributed by atoms with van der Waals surface area (Å²) in [6.45, 7) is 3.83. The molecule has 32 heavy (non-hydrogen) atoms. The monoisotopic (exact) mass is 457 g/mol. The van der Waals surface area contributed by atoms with E-state index in [1.807, 2.05) is 18.6 Å². The lowest BCUT2D eigenvalue weighted by Crippen LogP contribution is -2.41. The Bertz CT molecular complexity index is 1280. The Morgan fingerprint density at radius 1 is 1.25 bits per heavy atom. The van der Waals surface area contributed by atoms with Crippen LogP contribution in [-0.4, -0.2) is 26.6 Å². The lowest BCUT2D eigenvalue weighted by Gasteiger charge is -2.20. The van der Waals surface area contributed by atoms with Gasteiger partial charge >= 0.3 is 0 Å². The van der Waals surface area contributed by atoms with Gasteiger partial charge in [0, 0.05) is 16.6 Å². The van der Waals surface area contributed by atoms with Crippen molar-refractivity contribution >= 4 is 45.0 Å². The van der Waals surface area contributed by atoms with Crippen molar-refractivity contribution in [1.29, 1.82) is 5.41 Å². The first-order valence-electron chi connectivity index (χ1n) is 9.63. The minimum absolute atomic E-state index is 0.0801. The number of anilines is 1. The van der Waals surface area contributed by atoms with Gasteiger partial charge in [-0.05, 0) is 66.4 Å². The topological polar surface area (TPSA) is 167 Å². The van der Waals surface area contributed by atoms with Crippen LogP contribution in [0.4, 0.5) is 5.69 Å². The maximum atomic E-state index is 12.8. The number of fused-ring (bicyclic) bond motifs is 1. The molecule has 1 heterocycles. The van der Waals surface area contributed by atoms with E-state index in [1.165, 1.54) is 0 Å². The minimum Gasteiger partial charge on any atom is -0.464 e. The number of hydrogen-bond donors (Lipinski definition) is 5. The number of aryl methyl sites for hydroxylation is 2. The van der Waals surface area contributed by atoms with Crippen molar-refractivity contribution in [3.05, 3.63) is 64.9 Å². The highest BCUT2D eigenvalue weighted by Gasteiger charge is 2.25. The molecule has 0 aliphatic rings. The third-order valence-electron chi connectivity index (χ3n) is 4.87. The molecule has 168 valence electrons. The number of amidine groups is 1. The number of carbonyl (C=O) groups excluding carboxylic acids is 2. The van der Waals surface area contributed by atoms with Crippen LogP contribution in [0.5, 0.6) is 0 Å². The van der Waals surface area contributed by atoms with Gasteiger partial charge in [-0.1, -0.05) is 6.92 Å². The molecule has 11 heteroatoms. The lowest BCUT2D eigenvalue weighted by molar-refractivity contribution is -0.120. The Hall–Kier alpha value is -3.70. The fourth-order valence-corrected chi connectivity index (χ4v) is 3.73. The third kappa shape index (κ3) is 5.13. The quantitative estimate of drug-likeness (QED) is 0.196. The molecule has 0 radical (unpaired) electrons. The predicted octanol–water partition coefficient (Wildman–Crippen LogP) is 1.85. The van der Waals surface area contributed by atoms with E-state index in [9.17, 15) is 18.0 Å². The van der Waals surface area contributed by atoms with Crippen molar-refractivity contribution in [3.63, 3.8) is 0 Å². The highest BCUT2D eigenvalue weighted by atomic mass is 32.2. The number of amides is 2. The van der Waals surface area contributed by atoms with Gasteiger partial charge in [0.05, 0.1) is 6.26 Å². The maximum Gasteiger partial charge on any atom is 0.298 e. The highest BCUT2D eigenvalue weighted by Crippen LogP contribution is 2.30. The van der Waals surface area contributed by atoms with Crippen LogP contribution in [-0.2, 0) is 26.2 Å². The Balaban J connectivity index is 2.02. The first-order chi connectivity index (χ1) is 15.1. The highest BCUT2D eigenvalue weighted by molar-refractivity contribution is 7.87. The van der Waals surface area contributed by atoms with Crippen LogP contribution in [0.3, 0.4) is 0 Å². The molecule has 0 saturated carbocycles. The zero-order valence-corrected chi connectivity index (χ0v) is 18.2. The molecular weight excluding hydrogens is 434 g/mol. The standard InChI is InChI=1S/C21H23N5O5S/c1-3-13-8-15(9-17-12(2)10-31-19(13)17)18(21(28)26-32(23,29)30)25-16-6-4-14(5-7-16)20(22)24-11-27/h4-11,18,25H,3H2,1-2H3,(H,26,28)(H2,22,24,27)(H2,23,29,30). The van der Waals surface area contributed by atoms with Crippen LogP contribution in [0, 0.1) is 12.3 Å². The molecule has 1 aromatic heterocycles. The number of hydrogen-bond acceptors (Lipinski definition) is 7. The summed E-state index contributed by atoms with van der Waals surface area (Å²) in [5, 5.41) is 18.9. The van der Waals surface area contributed by atoms with Gasteiger partial charge < -0.3 is 15.1 Å². The zero-order valence-electron chi connectivity index (χ0n) is 17.4. The van der Waals surface area contributed by atoms with E-state index < -0.39 is 22.2 Å². The van der Waals surface area contributed by atoms with Crippen LogP contribution >= 0.6 is 0 Å². The number of nitrogens with one attached hydrogen (secondary N) is 4. The van der Waals surface area contributed by atoms with Crippen LogP contribution < -0.4 is 20.5 Å². The van der Waals surface area contributed by atoms with Crippen molar-refractivity contribution in [3.8, 4) is 0 Å². The molecule has 0 saturated heterocycles. The summed E-state index contributed by atoms with van der Waals surface area (Å²) in [6.07, 6.45) is 2.67. The van der Waals surface area contributed by atoms with Crippen LogP contribution in [0.1, 0.15) is 35.2 Å². The Kier molecular flexibility index (Phi) is 6.61. The summed E-state index contributed by atoms with van der Waals surface area (Å²) in [5.74, 6) is -0.932. The zero-order chi connectivity index (χ0) is 23.5. The van der Waals surface area contributed by atoms with Crippen molar-refractivity contribution in [2.24, 2.45) is 5.14 Å². The fourth-order valence-electron chi connectivity index (χ4n) is 3.33. The third-order valence-corrected chi connectivity index (χ3v) is 5.36. The van der Waals surface area contributed by atoms with Gasteiger partial charge in [0.15, 0.2) is 0 Å². The number of rotatable bonds is 8. The number of benzene rings is 2. The van der Waals surface area contributed by atoms with Gasteiger partial charge in [-0.2, -0.15) is 8.42 Å². The van der Waals surface area contributed by atoms with E-state index in [-0.39, 0.29) is 5.84 Å². The fraction of sp³-hybridized carbons (Fsp3) is 0.190. The van der Waals surface area contributed by atoms with E-state index >= 15 is 0 Å². The molecule has 10 nitrogen and oxygen atoms in total. The van der Waals surface area contributed by atoms with Crippen molar-refractivity contribution in [2.75, 3.05) is 5.32 Å². The summed E-state index contributed by atoms with van der Waals surface area (Å²) in [4.78, 5) is 23.4. The van der Waals surface area contributed by atoms with E-state index in [2.05, 4.69) is 10.6 Å². The smallest absolute Gasteiger partial charge is 0.298 e. The molecule has 2 aromatic carbocycles.